The number of sulfonamides is 1. The maximum Gasteiger partial charge on any atom is 0.246 e. The van der Waals surface area contributed by atoms with Crippen LogP contribution < -0.4 is 10.5 Å². The number of rotatable bonds is 4. The zero-order valence-corrected chi connectivity index (χ0v) is 13.3. The molecule has 1 aromatic rings. The maximum atomic E-state index is 12.1. The average Bonchev–Trinajstić information content (AvgIpc) is 2.53. The number of nitrogens with zero attached hydrogens (tertiary/aromatic N) is 1. The summed E-state index contributed by atoms with van der Waals surface area (Å²) in [6.45, 7) is 1.32. The summed E-state index contributed by atoms with van der Waals surface area (Å²) in [5.74, 6) is -0.0675. The van der Waals surface area contributed by atoms with E-state index in [9.17, 15) is 13.2 Å². The fraction of sp³-hybridized carbons (Fsp3) is 0.400. The van der Waals surface area contributed by atoms with Crippen LogP contribution in [-0.2, 0) is 14.8 Å². The van der Waals surface area contributed by atoms with Gasteiger partial charge in [-0.15, -0.1) is 0 Å². The number of nitrogens with two attached hydrogens (primary N) is 1. The number of hydrogen-bond donors (Lipinski definition) is 2. The van der Waals surface area contributed by atoms with Crippen molar-refractivity contribution in [3.8, 4) is 0 Å². The van der Waals surface area contributed by atoms with Gasteiger partial charge in [-0.1, -0.05) is 12.1 Å². The first-order chi connectivity index (χ1) is 10.4. The van der Waals surface area contributed by atoms with E-state index in [1.807, 2.05) is 0 Å². The zero-order chi connectivity index (χ0) is 16.2. The summed E-state index contributed by atoms with van der Waals surface area (Å²) in [5.41, 5.74) is 6.63. The third-order valence-electron chi connectivity index (χ3n) is 3.65. The number of amides is 1. The second-order valence-corrected chi connectivity index (χ2v) is 7.18. The predicted molar refractivity (Wildman–Crippen MR) is 85.5 cm³/mol. The normalized spacial score (nSPS) is 19.5. The third-order valence-corrected chi connectivity index (χ3v) is 5.08. The number of likely N-dealkylation sites (tertiary alicyclic amines) is 1. The lowest BCUT2D eigenvalue weighted by molar-refractivity contribution is -0.127. The second-order valence-electron chi connectivity index (χ2n) is 5.30. The average molecular weight is 323 g/mol. The molecule has 0 saturated carbocycles. The molecule has 0 bridgehead atoms. The molecule has 22 heavy (non-hydrogen) atoms. The minimum absolute atomic E-state index is 0.0529. The summed E-state index contributed by atoms with van der Waals surface area (Å²) >= 11 is 0. The van der Waals surface area contributed by atoms with E-state index in [-0.39, 0.29) is 16.8 Å². The van der Waals surface area contributed by atoms with Gasteiger partial charge < -0.3 is 10.6 Å². The van der Waals surface area contributed by atoms with E-state index in [4.69, 9.17) is 5.73 Å². The zero-order valence-electron chi connectivity index (χ0n) is 12.5. The van der Waals surface area contributed by atoms with Gasteiger partial charge in [-0.2, -0.15) is 0 Å². The first-order valence-electron chi connectivity index (χ1n) is 7.18. The molecule has 7 heteroatoms. The van der Waals surface area contributed by atoms with E-state index in [0.717, 1.165) is 24.9 Å². The summed E-state index contributed by atoms with van der Waals surface area (Å²) in [5, 5.41) is 0. The molecule has 0 radical (unpaired) electrons. The molecular formula is C15H21N3O3S. The highest BCUT2D eigenvalue weighted by molar-refractivity contribution is 7.89. The maximum absolute atomic E-state index is 12.1. The summed E-state index contributed by atoms with van der Waals surface area (Å²) < 4.78 is 25.5. The Hall–Kier alpha value is -1.70. The monoisotopic (exact) mass is 323 g/mol. The molecule has 1 aromatic carbocycles. The summed E-state index contributed by atoms with van der Waals surface area (Å²) in [6, 6.07) is 6.39. The van der Waals surface area contributed by atoms with Crippen LogP contribution in [0.1, 0.15) is 18.4 Å². The van der Waals surface area contributed by atoms with Gasteiger partial charge in [0.1, 0.15) is 0 Å². The largest absolute Gasteiger partial charge is 0.338 e. The van der Waals surface area contributed by atoms with E-state index in [1.165, 1.54) is 25.3 Å². The van der Waals surface area contributed by atoms with Crippen LogP contribution in [0.25, 0.3) is 6.08 Å². The molecular weight excluding hydrogens is 302 g/mol. The van der Waals surface area contributed by atoms with Gasteiger partial charge in [0.2, 0.25) is 15.9 Å². The molecule has 1 saturated heterocycles. The highest BCUT2D eigenvalue weighted by Gasteiger charge is 2.19. The van der Waals surface area contributed by atoms with Crippen LogP contribution in [0.4, 0.5) is 0 Å². The van der Waals surface area contributed by atoms with Gasteiger partial charge >= 0.3 is 0 Å². The van der Waals surface area contributed by atoms with Crippen molar-refractivity contribution in [2.45, 2.75) is 23.8 Å². The Labute approximate surface area is 131 Å². The molecule has 0 aliphatic carbocycles. The van der Waals surface area contributed by atoms with Crippen LogP contribution in [0, 0.1) is 0 Å². The van der Waals surface area contributed by atoms with E-state index in [2.05, 4.69) is 4.72 Å². The SMILES string of the molecule is CNS(=O)(=O)c1ccc(/C=C/C(=O)N2CCCC(N)C2)cc1. The Bertz CT molecular complexity index is 653. The fourth-order valence-corrected chi connectivity index (χ4v) is 3.09. The Morgan fingerprint density at radius 2 is 2.05 bits per heavy atom. The number of carbonyl (C=O) groups is 1. The van der Waals surface area contributed by atoms with Crippen molar-refractivity contribution in [1.82, 2.24) is 9.62 Å². The first kappa shape index (κ1) is 16.7. The first-order valence-corrected chi connectivity index (χ1v) is 8.67. The second kappa shape index (κ2) is 7.04. The van der Waals surface area contributed by atoms with Crippen LogP contribution in [0.5, 0.6) is 0 Å². The molecule has 120 valence electrons. The lowest BCUT2D eigenvalue weighted by Crippen LogP contribution is -2.45. The topological polar surface area (TPSA) is 92.5 Å². The smallest absolute Gasteiger partial charge is 0.246 e. The van der Waals surface area contributed by atoms with Crippen molar-refractivity contribution in [2.75, 3.05) is 20.1 Å². The van der Waals surface area contributed by atoms with Crippen LogP contribution in [0.3, 0.4) is 0 Å². The molecule has 3 N–H and O–H groups in total. The number of piperidine rings is 1. The van der Waals surface area contributed by atoms with Crippen molar-refractivity contribution in [3.05, 3.63) is 35.9 Å². The molecule has 1 aliphatic heterocycles. The molecule has 2 rings (SSSR count). The number of nitrogens with one attached hydrogen (secondary N) is 1. The Balaban J connectivity index is 2.02. The van der Waals surface area contributed by atoms with Crippen LogP contribution in [-0.4, -0.2) is 45.4 Å². The number of hydrogen-bond acceptors (Lipinski definition) is 4. The molecule has 1 aliphatic rings. The predicted octanol–water partition coefficient (Wildman–Crippen LogP) is 0.558. The molecule has 1 atom stereocenters. The van der Waals surface area contributed by atoms with Gasteiger partial charge in [-0.25, -0.2) is 13.1 Å². The summed E-state index contributed by atoms with van der Waals surface area (Å²) in [7, 11) is -2.07. The molecule has 0 spiro atoms. The quantitative estimate of drug-likeness (QED) is 0.792. The van der Waals surface area contributed by atoms with Gasteiger partial charge in [-0.05, 0) is 43.7 Å². The van der Waals surface area contributed by atoms with E-state index in [0.29, 0.717) is 6.54 Å². The number of carbonyl (C=O) groups excluding carboxylic acids is 1. The van der Waals surface area contributed by atoms with E-state index < -0.39 is 10.0 Å². The van der Waals surface area contributed by atoms with Crippen molar-refractivity contribution in [3.63, 3.8) is 0 Å². The highest BCUT2D eigenvalue weighted by atomic mass is 32.2. The minimum Gasteiger partial charge on any atom is -0.338 e. The van der Waals surface area contributed by atoms with E-state index >= 15 is 0 Å². The van der Waals surface area contributed by atoms with Gasteiger partial charge in [0.05, 0.1) is 4.90 Å². The fourth-order valence-electron chi connectivity index (χ4n) is 2.36. The molecule has 1 fully saturated rings. The van der Waals surface area contributed by atoms with Crippen molar-refractivity contribution in [2.24, 2.45) is 5.73 Å². The van der Waals surface area contributed by atoms with Gasteiger partial charge in [0.25, 0.3) is 0 Å². The van der Waals surface area contributed by atoms with Gasteiger partial charge in [0, 0.05) is 25.2 Å². The Morgan fingerprint density at radius 1 is 1.36 bits per heavy atom. The van der Waals surface area contributed by atoms with Crippen molar-refractivity contribution < 1.29 is 13.2 Å². The van der Waals surface area contributed by atoms with E-state index in [1.54, 1.807) is 23.1 Å². The molecule has 6 nitrogen and oxygen atoms in total. The molecule has 0 aromatic heterocycles. The van der Waals surface area contributed by atoms with Crippen molar-refractivity contribution >= 4 is 22.0 Å². The lowest BCUT2D eigenvalue weighted by atomic mass is 10.1. The highest BCUT2D eigenvalue weighted by Crippen LogP contribution is 2.12. The van der Waals surface area contributed by atoms with Crippen LogP contribution >= 0.6 is 0 Å². The third kappa shape index (κ3) is 4.16. The van der Waals surface area contributed by atoms with Crippen molar-refractivity contribution in [1.29, 1.82) is 0 Å². The lowest BCUT2D eigenvalue weighted by Gasteiger charge is -2.29. The van der Waals surface area contributed by atoms with Crippen LogP contribution in [0.2, 0.25) is 0 Å². The molecule has 1 amide bonds. The summed E-state index contributed by atoms with van der Waals surface area (Å²) in [6.07, 6.45) is 5.06. The standard InChI is InChI=1S/C15H21N3O3S/c1-17-22(20,21)14-7-4-12(5-8-14)6-9-15(19)18-10-2-3-13(16)11-18/h4-9,13,17H,2-3,10-11,16H2,1H3/b9-6+. The number of benzene rings is 1. The summed E-state index contributed by atoms with van der Waals surface area (Å²) in [4.78, 5) is 14.0. The minimum atomic E-state index is -3.43. The molecule has 1 unspecified atom stereocenters. The van der Waals surface area contributed by atoms with Gasteiger partial charge in [0.15, 0.2) is 0 Å². The van der Waals surface area contributed by atoms with Crippen LogP contribution in [0.15, 0.2) is 35.2 Å². The Kier molecular flexibility index (Phi) is 5.33. The Morgan fingerprint density at radius 3 is 2.64 bits per heavy atom. The molecule has 1 heterocycles. The van der Waals surface area contributed by atoms with Gasteiger partial charge in [-0.3, -0.25) is 4.79 Å².